The highest BCUT2D eigenvalue weighted by atomic mass is 79.9. The van der Waals surface area contributed by atoms with Crippen molar-refractivity contribution in [3.05, 3.63) is 17.5 Å². The Bertz CT molecular complexity index is 336. The fraction of sp³-hybridized carbons (Fsp3) is 0.727. The number of nitrogens with zero attached hydrogens (tertiary/aromatic N) is 1. The molecule has 2 aliphatic carbocycles. The highest BCUT2D eigenvalue weighted by Crippen LogP contribution is 2.52. The third kappa shape index (κ3) is 1.33. The quantitative estimate of drug-likeness (QED) is 0.757. The van der Waals surface area contributed by atoms with Crippen LogP contribution in [0.2, 0.25) is 0 Å². The van der Waals surface area contributed by atoms with Gasteiger partial charge in [-0.1, -0.05) is 27.5 Å². The maximum Gasteiger partial charge on any atom is 0.140 e. The minimum absolute atomic E-state index is 0.675. The lowest BCUT2D eigenvalue weighted by Gasteiger charge is -2.18. The van der Waals surface area contributed by atoms with Gasteiger partial charge in [0, 0.05) is 17.3 Å². The fourth-order valence-corrected chi connectivity index (χ4v) is 3.42. The number of aromatic nitrogens is 1. The van der Waals surface area contributed by atoms with E-state index in [-0.39, 0.29) is 0 Å². The maximum absolute atomic E-state index is 5.41. The predicted molar refractivity (Wildman–Crippen MR) is 57.3 cm³/mol. The van der Waals surface area contributed by atoms with Crippen molar-refractivity contribution in [2.45, 2.75) is 36.9 Å². The van der Waals surface area contributed by atoms with Gasteiger partial charge in [-0.25, -0.2) is 0 Å². The molecule has 1 aromatic rings. The molecule has 0 N–H and O–H groups in total. The van der Waals surface area contributed by atoms with Crippen LogP contribution < -0.4 is 0 Å². The van der Waals surface area contributed by atoms with Gasteiger partial charge in [-0.05, 0) is 31.1 Å². The van der Waals surface area contributed by atoms with Crippen LogP contribution in [0.25, 0.3) is 0 Å². The Morgan fingerprint density at radius 2 is 2.36 bits per heavy atom. The molecule has 0 aliphatic heterocycles. The zero-order valence-corrected chi connectivity index (χ0v) is 9.66. The van der Waals surface area contributed by atoms with Gasteiger partial charge in [-0.3, -0.25) is 0 Å². The third-order valence-electron chi connectivity index (χ3n) is 3.82. The van der Waals surface area contributed by atoms with Crippen LogP contribution >= 0.6 is 15.9 Å². The minimum Gasteiger partial charge on any atom is -0.361 e. The van der Waals surface area contributed by atoms with Crippen molar-refractivity contribution in [2.75, 3.05) is 0 Å². The lowest BCUT2D eigenvalue weighted by molar-refractivity contribution is 0.308. The van der Waals surface area contributed by atoms with Gasteiger partial charge in [0.1, 0.15) is 5.76 Å². The second-order valence-electron chi connectivity index (χ2n) is 4.64. The summed E-state index contributed by atoms with van der Waals surface area (Å²) in [4.78, 5) is 0. The van der Waals surface area contributed by atoms with Gasteiger partial charge < -0.3 is 4.52 Å². The van der Waals surface area contributed by atoms with E-state index in [1.807, 2.05) is 0 Å². The van der Waals surface area contributed by atoms with Crippen LogP contribution in [-0.4, -0.2) is 5.16 Å². The summed E-state index contributed by atoms with van der Waals surface area (Å²) in [5.41, 5.74) is 1.03. The van der Waals surface area contributed by atoms with E-state index in [0.29, 0.717) is 5.92 Å². The first-order valence-electron chi connectivity index (χ1n) is 5.38. The van der Waals surface area contributed by atoms with E-state index in [0.717, 1.165) is 28.6 Å². The lowest BCUT2D eigenvalue weighted by Crippen LogP contribution is -2.07. The summed E-state index contributed by atoms with van der Waals surface area (Å²) in [7, 11) is 0. The summed E-state index contributed by atoms with van der Waals surface area (Å²) in [6.07, 6.45) is 5.61. The highest BCUT2D eigenvalue weighted by molar-refractivity contribution is 9.08. The molecule has 0 aromatic carbocycles. The smallest absolute Gasteiger partial charge is 0.140 e. The zero-order valence-electron chi connectivity index (χ0n) is 8.08. The van der Waals surface area contributed by atoms with E-state index in [4.69, 9.17) is 4.52 Å². The van der Waals surface area contributed by atoms with Crippen molar-refractivity contribution in [1.82, 2.24) is 5.16 Å². The predicted octanol–water partition coefficient (Wildman–Crippen LogP) is 3.47. The van der Waals surface area contributed by atoms with Crippen molar-refractivity contribution in [2.24, 2.45) is 11.8 Å². The maximum atomic E-state index is 5.41. The number of hydrogen-bond acceptors (Lipinski definition) is 2. The Morgan fingerprint density at radius 1 is 1.43 bits per heavy atom. The average molecular weight is 256 g/mol. The van der Waals surface area contributed by atoms with Gasteiger partial charge in [-0.2, -0.15) is 0 Å². The molecule has 0 amide bonds. The first-order valence-corrected chi connectivity index (χ1v) is 6.50. The Balaban J connectivity index is 1.82. The SMILES string of the molecule is BrCc1cc(C2CC3CCC2C3)on1. The van der Waals surface area contributed by atoms with Crippen LogP contribution in [0.5, 0.6) is 0 Å². The van der Waals surface area contributed by atoms with Crippen LogP contribution in [-0.2, 0) is 5.33 Å². The Morgan fingerprint density at radius 3 is 2.93 bits per heavy atom. The molecule has 2 saturated carbocycles. The average Bonchev–Trinajstić information content (AvgIpc) is 2.93. The summed E-state index contributed by atoms with van der Waals surface area (Å²) < 4.78 is 5.41. The van der Waals surface area contributed by atoms with Crippen LogP contribution in [0.3, 0.4) is 0 Å². The van der Waals surface area contributed by atoms with Crippen LogP contribution in [0, 0.1) is 11.8 Å². The molecule has 2 aliphatic rings. The van der Waals surface area contributed by atoms with Crippen molar-refractivity contribution in [3.63, 3.8) is 0 Å². The number of fused-ring (bicyclic) bond motifs is 2. The molecule has 2 nitrogen and oxygen atoms in total. The van der Waals surface area contributed by atoms with Gasteiger partial charge in [-0.15, -0.1) is 0 Å². The van der Waals surface area contributed by atoms with Crippen LogP contribution in [0.4, 0.5) is 0 Å². The molecule has 76 valence electrons. The van der Waals surface area contributed by atoms with Gasteiger partial charge in [0.15, 0.2) is 0 Å². The van der Waals surface area contributed by atoms with E-state index in [9.17, 15) is 0 Å². The Hall–Kier alpha value is -0.310. The minimum atomic E-state index is 0.675. The normalized spacial score (nSPS) is 35.4. The molecule has 3 unspecified atom stereocenters. The van der Waals surface area contributed by atoms with E-state index in [1.165, 1.54) is 25.7 Å². The molecular weight excluding hydrogens is 242 g/mol. The van der Waals surface area contributed by atoms with Crippen LogP contribution in [0.1, 0.15) is 43.1 Å². The molecule has 3 rings (SSSR count). The van der Waals surface area contributed by atoms with E-state index < -0.39 is 0 Å². The summed E-state index contributed by atoms with van der Waals surface area (Å²) in [5.74, 6) is 3.67. The molecule has 2 fully saturated rings. The van der Waals surface area contributed by atoms with E-state index >= 15 is 0 Å². The van der Waals surface area contributed by atoms with E-state index in [1.54, 1.807) is 0 Å². The lowest BCUT2D eigenvalue weighted by atomic mass is 9.87. The van der Waals surface area contributed by atoms with Gasteiger partial charge in [0.25, 0.3) is 0 Å². The zero-order chi connectivity index (χ0) is 9.54. The first kappa shape index (κ1) is 8.96. The molecule has 3 atom stereocenters. The van der Waals surface area contributed by atoms with Gasteiger partial charge in [0.05, 0.1) is 5.69 Å². The number of hydrogen-bond donors (Lipinski definition) is 0. The topological polar surface area (TPSA) is 26.0 Å². The van der Waals surface area contributed by atoms with Crippen LogP contribution in [0.15, 0.2) is 10.6 Å². The van der Waals surface area contributed by atoms with Crippen molar-refractivity contribution < 1.29 is 4.52 Å². The standard InChI is InChI=1S/C11H14BrNO/c12-6-9-5-11(14-13-9)10-4-7-1-2-8(10)3-7/h5,7-8,10H,1-4,6H2. The Labute approximate surface area is 92.2 Å². The van der Waals surface area contributed by atoms with Gasteiger partial charge in [0.2, 0.25) is 0 Å². The summed E-state index contributed by atoms with van der Waals surface area (Å²) in [5, 5.41) is 4.84. The Kier molecular flexibility index (Phi) is 2.15. The van der Waals surface area contributed by atoms with Crippen molar-refractivity contribution in [3.8, 4) is 0 Å². The first-order chi connectivity index (χ1) is 6.86. The highest BCUT2D eigenvalue weighted by Gasteiger charge is 2.41. The summed E-state index contributed by atoms with van der Waals surface area (Å²) >= 11 is 3.40. The van der Waals surface area contributed by atoms with Gasteiger partial charge >= 0.3 is 0 Å². The molecule has 2 bridgehead atoms. The fourth-order valence-electron chi connectivity index (χ4n) is 3.16. The monoisotopic (exact) mass is 255 g/mol. The molecule has 1 heterocycles. The summed E-state index contributed by atoms with van der Waals surface area (Å²) in [6, 6.07) is 2.13. The largest absolute Gasteiger partial charge is 0.361 e. The number of alkyl halides is 1. The molecule has 0 radical (unpaired) electrons. The second kappa shape index (κ2) is 3.37. The van der Waals surface area contributed by atoms with E-state index in [2.05, 4.69) is 27.2 Å². The van der Waals surface area contributed by atoms with Crippen molar-refractivity contribution >= 4 is 15.9 Å². The van der Waals surface area contributed by atoms with Crippen molar-refractivity contribution in [1.29, 1.82) is 0 Å². The summed E-state index contributed by atoms with van der Waals surface area (Å²) in [6.45, 7) is 0. The molecular formula is C11H14BrNO. The second-order valence-corrected chi connectivity index (χ2v) is 5.20. The molecule has 0 saturated heterocycles. The molecule has 0 spiro atoms. The molecule has 14 heavy (non-hydrogen) atoms. The number of rotatable bonds is 2. The third-order valence-corrected chi connectivity index (χ3v) is 4.39. The number of halogens is 1. The molecule has 1 aromatic heterocycles. The molecule has 3 heteroatoms.